The molecule has 0 atom stereocenters. The number of carbonyl (C=O) groups excluding carboxylic acids is 2. The third kappa shape index (κ3) is 3.69. The lowest BCUT2D eigenvalue weighted by Gasteiger charge is -2.30. The van der Waals surface area contributed by atoms with Gasteiger partial charge in [-0.15, -0.1) is 0 Å². The molecule has 0 aliphatic heterocycles. The number of hydrogen-bond acceptors (Lipinski definition) is 5. The SMILES string of the molecule is COC(=O)C1(NC(=O)c2ccc(F)cc2[N+](=O)[O-])CCCCCC1. The van der Waals surface area contributed by atoms with Gasteiger partial charge in [-0.05, 0) is 25.0 Å². The summed E-state index contributed by atoms with van der Waals surface area (Å²) in [6.45, 7) is 0. The Morgan fingerprint density at radius 1 is 1.25 bits per heavy atom. The monoisotopic (exact) mass is 338 g/mol. The van der Waals surface area contributed by atoms with Crippen LogP contribution in [0.25, 0.3) is 0 Å². The van der Waals surface area contributed by atoms with Crippen LogP contribution in [0.4, 0.5) is 10.1 Å². The highest BCUT2D eigenvalue weighted by atomic mass is 19.1. The third-order valence-electron chi connectivity index (χ3n) is 4.29. The van der Waals surface area contributed by atoms with Crippen LogP contribution in [0.2, 0.25) is 0 Å². The van der Waals surface area contributed by atoms with Crippen LogP contribution in [0.3, 0.4) is 0 Å². The van der Waals surface area contributed by atoms with Gasteiger partial charge in [0, 0.05) is 0 Å². The first-order valence-electron chi connectivity index (χ1n) is 7.74. The molecule has 0 unspecified atom stereocenters. The molecule has 1 aliphatic carbocycles. The predicted octanol–water partition coefficient (Wildman–Crippen LogP) is 2.73. The van der Waals surface area contributed by atoms with E-state index in [9.17, 15) is 24.1 Å². The largest absolute Gasteiger partial charge is 0.467 e. The zero-order valence-corrected chi connectivity index (χ0v) is 13.3. The number of benzene rings is 1. The number of carbonyl (C=O) groups is 2. The molecule has 1 aromatic carbocycles. The van der Waals surface area contributed by atoms with Crippen molar-refractivity contribution in [1.29, 1.82) is 0 Å². The van der Waals surface area contributed by atoms with Gasteiger partial charge in [0.1, 0.15) is 16.9 Å². The normalized spacial score (nSPS) is 16.8. The molecule has 0 spiro atoms. The van der Waals surface area contributed by atoms with E-state index in [0.717, 1.165) is 37.8 Å². The van der Waals surface area contributed by atoms with Gasteiger partial charge in [-0.3, -0.25) is 14.9 Å². The van der Waals surface area contributed by atoms with Crippen molar-refractivity contribution in [3.05, 3.63) is 39.7 Å². The van der Waals surface area contributed by atoms with Crippen LogP contribution < -0.4 is 5.32 Å². The highest BCUT2D eigenvalue weighted by Crippen LogP contribution is 2.29. The van der Waals surface area contributed by atoms with Crippen LogP contribution >= 0.6 is 0 Å². The molecular formula is C16H19FN2O5. The molecule has 0 heterocycles. The molecular weight excluding hydrogens is 319 g/mol. The van der Waals surface area contributed by atoms with Gasteiger partial charge in [-0.2, -0.15) is 0 Å². The van der Waals surface area contributed by atoms with Crippen molar-refractivity contribution in [3.8, 4) is 0 Å². The molecule has 130 valence electrons. The second-order valence-electron chi connectivity index (χ2n) is 5.86. The predicted molar refractivity (Wildman–Crippen MR) is 83.0 cm³/mol. The quantitative estimate of drug-likeness (QED) is 0.394. The maximum Gasteiger partial charge on any atom is 0.331 e. The van der Waals surface area contributed by atoms with Crippen LogP contribution in [-0.2, 0) is 9.53 Å². The van der Waals surface area contributed by atoms with E-state index in [1.807, 2.05) is 0 Å². The number of methoxy groups -OCH3 is 1. The molecule has 0 bridgehead atoms. The fourth-order valence-electron chi connectivity index (χ4n) is 3.04. The molecule has 1 saturated carbocycles. The second kappa shape index (κ2) is 7.37. The minimum absolute atomic E-state index is 0.283. The van der Waals surface area contributed by atoms with Crippen LogP contribution in [0, 0.1) is 15.9 Å². The highest BCUT2D eigenvalue weighted by molar-refractivity contribution is 6.01. The maximum absolute atomic E-state index is 13.2. The summed E-state index contributed by atoms with van der Waals surface area (Å²) in [6, 6.07) is 2.71. The van der Waals surface area contributed by atoms with Gasteiger partial charge < -0.3 is 10.1 Å². The molecule has 1 aromatic rings. The van der Waals surface area contributed by atoms with Crippen molar-refractivity contribution in [2.45, 2.75) is 44.1 Å². The standard InChI is InChI=1S/C16H19FN2O5/c1-24-15(21)16(8-4-2-3-5-9-16)18-14(20)12-7-6-11(17)10-13(12)19(22)23/h6-7,10H,2-5,8-9H2,1H3,(H,18,20). The van der Waals surface area contributed by atoms with Gasteiger partial charge in [0.2, 0.25) is 0 Å². The van der Waals surface area contributed by atoms with Crippen molar-refractivity contribution < 1.29 is 23.6 Å². The van der Waals surface area contributed by atoms with Gasteiger partial charge >= 0.3 is 5.97 Å². The zero-order valence-electron chi connectivity index (χ0n) is 13.3. The minimum atomic E-state index is -1.20. The van der Waals surface area contributed by atoms with Crippen LogP contribution in [0.15, 0.2) is 18.2 Å². The van der Waals surface area contributed by atoms with Gasteiger partial charge in [0.25, 0.3) is 11.6 Å². The first kappa shape index (κ1) is 17.8. The number of halogens is 1. The summed E-state index contributed by atoms with van der Waals surface area (Å²) in [5.41, 5.74) is -2.13. The lowest BCUT2D eigenvalue weighted by Crippen LogP contribution is -2.54. The average Bonchev–Trinajstić information content (AvgIpc) is 2.80. The molecule has 7 nitrogen and oxygen atoms in total. The van der Waals surface area contributed by atoms with E-state index in [2.05, 4.69) is 5.32 Å². The topological polar surface area (TPSA) is 98.5 Å². The molecule has 8 heteroatoms. The number of ether oxygens (including phenoxy) is 1. The lowest BCUT2D eigenvalue weighted by atomic mass is 9.89. The molecule has 24 heavy (non-hydrogen) atoms. The van der Waals surface area contributed by atoms with Crippen LogP contribution in [0.1, 0.15) is 48.9 Å². The summed E-state index contributed by atoms with van der Waals surface area (Å²) in [6.07, 6.45) is 4.15. The number of nitrogens with one attached hydrogen (secondary N) is 1. The van der Waals surface area contributed by atoms with Crippen molar-refractivity contribution in [2.24, 2.45) is 0 Å². The molecule has 2 rings (SSSR count). The van der Waals surface area contributed by atoms with Gasteiger partial charge in [0.05, 0.1) is 18.1 Å². The van der Waals surface area contributed by atoms with Crippen LogP contribution in [-0.4, -0.2) is 29.4 Å². The summed E-state index contributed by atoms with van der Waals surface area (Å²) < 4.78 is 18.1. The number of hydrogen-bond donors (Lipinski definition) is 1. The van der Waals surface area contributed by atoms with Crippen LogP contribution in [0.5, 0.6) is 0 Å². The van der Waals surface area contributed by atoms with E-state index in [0.29, 0.717) is 18.9 Å². The molecule has 1 N–H and O–H groups in total. The summed E-state index contributed by atoms with van der Waals surface area (Å²) in [4.78, 5) is 35.0. The maximum atomic E-state index is 13.2. The van der Waals surface area contributed by atoms with E-state index >= 15 is 0 Å². The van der Waals surface area contributed by atoms with Gasteiger partial charge in [0.15, 0.2) is 0 Å². The minimum Gasteiger partial charge on any atom is -0.467 e. The van der Waals surface area contributed by atoms with Crippen molar-refractivity contribution in [2.75, 3.05) is 7.11 Å². The first-order valence-corrected chi connectivity index (χ1v) is 7.74. The number of nitrogens with zero attached hydrogens (tertiary/aromatic N) is 1. The molecule has 0 aromatic heterocycles. The number of nitro benzene ring substituents is 1. The Bertz CT molecular complexity index is 654. The summed E-state index contributed by atoms with van der Waals surface area (Å²) in [7, 11) is 1.24. The average molecular weight is 338 g/mol. The Labute approximate surface area is 138 Å². The summed E-state index contributed by atoms with van der Waals surface area (Å²) >= 11 is 0. The van der Waals surface area contributed by atoms with E-state index in [4.69, 9.17) is 4.74 Å². The summed E-state index contributed by atoms with van der Waals surface area (Å²) in [5, 5.41) is 13.7. The van der Waals surface area contributed by atoms with Gasteiger partial charge in [-0.1, -0.05) is 25.7 Å². The first-order chi connectivity index (χ1) is 11.4. The number of nitro groups is 1. The van der Waals surface area contributed by atoms with E-state index < -0.39 is 33.8 Å². The van der Waals surface area contributed by atoms with E-state index in [1.54, 1.807) is 0 Å². The van der Waals surface area contributed by atoms with Crippen molar-refractivity contribution >= 4 is 17.6 Å². The van der Waals surface area contributed by atoms with E-state index in [-0.39, 0.29) is 5.56 Å². The smallest absolute Gasteiger partial charge is 0.331 e. The molecule has 1 fully saturated rings. The summed E-state index contributed by atoms with van der Waals surface area (Å²) in [5.74, 6) is -2.16. The fraction of sp³-hybridized carbons (Fsp3) is 0.500. The molecule has 0 saturated heterocycles. The fourth-order valence-corrected chi connectivity index (χ4v) is 3.04. The third-order valence-corrected chi connectivity index (χ3v) is 4.29. The number of rotatable bonds is 4. The lowest BCUT2D eigenvalue weighted by molar-refractivity contribution is -0.385. The van der Waals surface area contributed by atoms with Crippen molar-refractivity contribution in [1.82, 2.24) is 5.32 Å². The molecule has 1 aliphatic rings. The van der Waals surface area contributed by atoms with Gasteiger partial charge in [-0.25, -0.2) is 9.18 Å². The second-order valence-corrected chi connectivity index (χ2v) is 5.86. The number of esters is 1. The highest BCUT2D eigenvalue weighted by Gasteiger charge is 2.42. The Kier molecular flexibility index (Phi) is 5.48. The Hall–Kier alpha value is -2.51. The Morgan fingerprint density at radius 2 is 1.88 bits per heavy atom. The molecule has 1 amide bonds. The molecule has 0 radical (unpaired) electrons. The van der Waals surface area contributed by atoms with E-state index in [1.165, 1.54) is 7.11 Å². The number of amides is 1. The Balaban J connectivity index is 2.34. The Morgan fingerprint density at radius 3 is 2.42 bits per heavy atom. The zero-order chi connectivity index (χ0) is 17.7. The van der Waals surface area contributed by atoms with Crippen molar-refractivity contribution in [3.63, 3.8) is 0 Å².